The predicted octanol–water partition coefficient (Wildman–Crippen LogP) is 6.17. The number of hydrogen-bond donors (Lipinski definition) is 1. The number of nitrogens with zero attached hydrogens (tertiary/aromatic N) is 3. The molecule has 6 nitrogen and oxygen atoms in total. The first-order valence-corrected chi connectivity index (χ1v) is 12.0. The number of benzene rings is 2. The molecule has 0 radical (unpaired) electrons. The van der Waals surface area contributed by atoms with Crippen molar-refractivity contribution in [1.29, 1.82) is 0 Å². The number of rotatable bonds is 4. The van der Waals surface area contributed by atoms with Crippen LogP contribution >= 0.6 is 23.2 Å². The van der Waals surface area contributed by atoms with Gasteiger partial charge < -0.3 is 15.0 Å². The lowest BCUT2D eigenvalue weighted by atomic mass is 9.91. The summed E-state index contributed by atoms with van der Waals surface area (Å²) in [6.07, 6.45) is 3.32. The normalized spacial score (nSPS) is 16.9. The highest BCUT2D eigenvalue weighted by molar-refractivity contribution is 6.35. The minimum Gasteiger partial charge on any atom is -0.493 e. The quantitative estimate of drug-likeness (QED) is 0.358. The van der Waals surface area contributed by atoms with Gasteiger partial charge in [0.2, 0.25) is 0 Å². The van der Waals surface area contributed by atoms with Gasteiger partial charge >= 0.3 is 0 Å². The molecule has 1 aliphatic rings. The van der Waals surface area contributed by atoms with E-state index in [0.717, 1.165) is 28.0 Å². The number of hydrogen-bond acceptors (Lipinski definition) is 5. The van der Waals surface area contributed by atoms with Crippen molar-refractivity contribution in [2.45, 2.75) is 13.0 Å². The number of carbonyl (C=O) groups is 1. The fraction of sp³-hybridized carbons (Fsp3) is 0.222. The van der Waals surface area contributed by atoms with Gasteiger partial charge in [0.1, 0.15) is 5.75 Å². The number of anilines is 1. The van der Waals surface area contributed by atoms with Crippen LogP contribution in [-0.4, -0.2) is 36.6 Å². The molecule has 2 aromatic heterocycles. The Balaban J connectivity index is 1.59. The first kappa shape index (κ1) is 23.4. The van der Waals surface area contributed by atoms with Crippen molar-refractivity contribution < 1.29 is 9.53 Å². The average molecular weight is 507 g/mol. The smallest absolute Gasteiger partial charge is 0.255 e. The Morgan fingerprint density at radius 1 is 1.09 bits per heavy atom. The Hall–Kier alpha value is -3.35. The summed E-state index contributed by atoms with van der Waals surface area (Å²) in [4.78, 5) is 24.8. The lowest BCUT2D eigenvalue weighted by molar-refractivity contribution is 0.0898. The fourth-order valence-corrected chi connectivity index (χ4v) is 5.12. The monoisotopic (exact) mass is 506 g/mol. The molecular formula is C27H24Cl2N4O2. The maximum absolute atomic E-state index is 13.6. The summed E-state index contributed by atoms with van der Waals surface area (Å²) in [7, 11) is 3.82. The number of carbonyl (C=O) groups excluding carboxylic acids is 1. The van der Waals surface area contributed by atoms with Crippen molar-refractivity contribution in [3.63, 3.8) is 0 Å². The number of halogens is 2. The first-order chi connectivity index (χ1) is 16.8. The van der Waals surface area contributed by atoms with Crippen molar-refractivity contribution in [3.05, 3.63) is 82.1 Å². The number of para-hydroxylation sites is 1. The molecule has 1 N–H and O–H groups in total. The summed E-state index contributed by atoms with van der Waals surface area (Å²) >= 11 is 12.5. The van der Waals surface area contributed by atoms with Gasteiger partial charge in [-0.25, -0.2) is 0 Å². The van der Waals surface area contributed by atoms with Crippen LogP contribution in [-0.2, 0) is 0 Å². The molecule has 2 unspecified atom stereocenters. The molecule has 1 amide bonds. The Morgan fingerprint density at radius 3 is 2.57 bits per heavy atom. The number of pyridine rings is 2. The summed E-state index contributed by atoms with van der Waals surface area (Å²) in [5, 5.41) is 5.07. The fourth-order valence-electron chi connectivity index (χ4n) is 4.59. The van der Waals surface area contributed by atoms with Crippen LogP contribution in [0.5, 0.6) is 5.75 Å². The number of aromatic nitrogens is 2. The summed E-state index contributed by atoms with van der Waals surface area (Å²) in [5.41, 5.74) is 4.29. The minimum atomic E-state index is -0.194. The van der Waals surface area contributed by atoms with E-state index in [1.165, 1.54) is 0 Å². The molecule has 8 heteroatoms. The van der Waals surface area contributed by atoms with Gasteiger partial charge in [-0.2, -0.15) is 0 Å². The van der Waals surface area contributed by atoms with E-state index < -0.39 is 0 Å². The van der Waals surface area contributed by atoms with Crippen LogP contribution in [0.4, 0.5) is 5.69 Å². The summed E-state index contributed by atoms with van der Waals surface area (Å²) in [6, 6.07) is 14.8. The number of ether oxygens (including phenoxy) is 1. The van der Waals surface area contributed by atoms with Crippen LogP contribution in [0.3, 0.4) is 0 Å². The number of fused-ring (bicyclic) bond motifs is 2. The van der Waals surface area contributed by atoms with Crippen molar-refractivity contribution >= 4 is 45.7 Å². The lowest BCUT2D eigenvalue weighted by Crippen LogP contribution is -2.38. The highest BCUT2D eigenvalue weighted by Gasteiger charge is 2.30. The third-order valence-corrected chi connectivity index (χ3v) is 6.63. The Labute approximate surface area is 213 Å². The molecule has 2 aromatic carbocycles. The van der Waals surface area contributed by atoms with E-state index in [4.69, 9.17) is 27.9 Å². The van der Waals surface area contributed by atoms with Gasteiger partial charge in [0.05, 0.1) is 35.1 Å². The summed E-state index contributed by atoms with van der Waals surface area (Å²) in [6.45, 7) is 2.61. The zero-order valence-corrected chi connectivity index (χ0v) is 21.1. The largest absolute Gasteiger partial charge is 0.493 e. The Morgan fingerprint density at radius 2 is 1.83 bits per heavy atom. The van der Waals surface area contributed by atoms with Gasteiger partial charge in [-0.3, -0.25) is 14.8 Å². The third-order valence-electron chi connectivity index (χ3n) is 6.20. The molecule has 4 aromatic rings. The molecule has 0 spiro atoms. The van der Waals surface area contributed by atoms with Crippen LogP contribution in [0.25, 0.3) is 22.2 Å². The van der Waals surface area contributed by atoms with Crippen molar-refractivity contribution in [2.24, 2.45) is 5.92 Å². The van der Waals surface area contributed by atoms with Crippen LogP contribution in [0.1, 0.15) is 28.9 Å². The van der Waals surface area contributed by atoms with E-state index in [1.807, 2.05) is 49.3 Å². The Kier molecular flexibility index (Phi) is 6.26. The van der Waals surface area contributed by atoms with Gasteiger partial charge in [0, 0.05) is 59.0 Å². The molecule has 5 rings (SSSR count). The van der Waals surface area contributed by atoms with E-state index in [9.17, 15) is 4.79 Å². The summed E-state index contributed by atoms with van der Waals surface area (Å²) < 4.78 is 5.85. The zero-order chi connectivity index (χ0) is 24.7. The van der Waals surface area contributed by atoms with E-state index in [-0.39, 0.29) is 17.9 Å². The van der Waals surface area contributed by atoms with E-state index in [0.29, 0.717) is 33.4 Å². The molecule has 0 saturated heterocycles. The highest BCUT2D eigenvalue weighted by atomic mass is 35.5. The molecule has 1 aliphatic heterocycles. The zero-order valence-electron chi connectivity index (χ0n) is 19.5. The van der Waals surface area contributed by atoms with Gasteiger partial charge in [-0.1, -0.05) is 48.3 Å². The molecule has 0 saturated carbocycles. The third kappa shape index (κ3) is 4.40. The summed E-state index contributed by atoms with van der Waals surface area (Å²) in [5.74, 6) is 0.727. The van der Waals surface area contributed by atoms with Crippen LogP contribution in [0, 0.1) is 5.92 Å². The second-order valence-corrected chi connectivity index (χ2v) is 9.78. The average Bonchev–Trinajstić information content (AvgIpc) is 2.83. The van der Waals surface area contributed by atoms with Crippen molar-refractivity contribution in [1.82, 2.24) is 15.3 Å². The molecular weight excluding hydrogens is 483 g/mol. The molecule has 35 heavy (non-hydrogen) atoms. The van der Waals surface area contributed by atoms with E-state index in [2.05, 4.69) is 22.2 Å². The highest BCUT2D eigenvalue weighted by Crippen LogP contribution is 2.37. The second-order valence-electron chi connectivity index (χ2n) is 8.91. The molecule has 0 aliphatic carbocycles. The number of nitrogens with one attached hydrogen (secondary N) is 1. The maximum Gasteiger partial charge on any atom is 0.255 e. The molecule has 3 heterocycles. The molecule has 178 valence electrons. The topological polar surface area (TPSA) is 67.3 Å². The van der Waals surface area contributed by atoms with Crippen molar-refractivity contribution in [2.75, 3.05) is 25.6 Å². The number of amides is 1. The molecule has 0 fully saturated rings. The second kappa shape index (κ2) is 9.36. The van der Waals surface area contributed by atoms with Crippen LogP contribution in [0.2, 0.25) is 10.0 Å². The van der Waals surface area contributed by atoms with Gasteiger partial charge in [-0.15, -0.1) is 0 Å². The predicted molar refractivity (Wildman–Crippen MR) is 141 cm³/mol. The standard InChI is InChI=1S/C27H24Cl2N4O2/c1-15-14-35-22-7-5-4-6-19(22)23(15)32-27(34)21-13-31-25-20(26(21)33(2)3)8-9-30-24(25)16-10-17(28)12-18(29)11-16/h4-13,15,23H,14H2,1-3H3,(H,32,34). The molecule has 2 atom stereocenters. The van der Waals surface area contributed by atoms with E-state index >= 15 is 0 Å². The molecule has 0 bridgehead atoms. The maximum atomic E-state index is 13.6. The van der Waals surface area contributed by atoms with Gasteiger partial charge in [0.15, 0.2) is 0 Å². The SMILES string of the molecule is CC1COc2ccccc2C1NC(=O)c1cnc2c(-c3cc(Cl)cc(Cl)c3)nccc2c1N(C)C. The lowest BCUT2D eigenvalue weighted by Gasteiger charge is -2.32. The van der Waals surface area contributed by atoms with Crippen LogP contribution < -0.4 is 15.0 Å². The van der Waals surface area contributed by atoms with Gasteiger partial charge in [0.25, 0.3) is 5.91 Å². The Bertz CT molecular complexity index is 1420. The minimum absolute atomic E-state index is 0.119. The van der Waals surface area contributed by atoms with E-state index in [1.54, 1.807) is 30.6 Å². The van der Waals surface area contributed by atoms with Crippen LogP contribution in [0.15, 0.2) is 60.9 Å². The first-order valence-electron chi connectivity index (χ1n) is 11.3. The van der Waals surface area contributed by atoms with Gasteiger partial charge in [-0.05, 0) is 30.3 Å². The van der Waals surface area contributed by atoms with Crippen molar-refractivity contribution in [3.8, 4) is 17.0 Å².